The van der Waals surface area contributed by atoms with Gasteiger partial charge in [0.05, 0.1) is 12.6 Å². The Balaban J connectivity index is 2.73. The average molecular weight is 333 g/mol. The molecular formula is C16H19Cl2FO2. The minimum absolute atomic E-state index is 0.0662. The van der Waals surface area contributed by atoms with Crippen LogP contribution in [0.15, 0.2) is 22.2 Å². The van der Waals surface area contributed by atoms with Crippen LogP contribution in [-0.2, 0) is 9.53 Å². The van der Waals surface area contributed by atoms with Gasteiger partial charge in [-0.15, -0.1) is 6.42 Å². The van der Waals surface area contributed by atoms with Gasteiger partial charge in [0, 0.05) is 0 Å². The summed E-state index contributed by atoms with van der Waals surface area (Å²) < 4.78 is 17.6. The molecule has 21 heavy (non-hydrogen) atoms. The van der Waals surface area contributed by atoms with Crippen LogP contribution in [0.3, 0.4) is 0 Å². The Labute approximate surface area is 135 Å². The van der Waals surface area contributed by atoms with Crippen molar-refractivity contribution in [3.05, 3.63) is 22.2 Å². The van der Waals surface area contributed by atoms with Gasteiger partial charge in [-0.3, -0.25) is 9.18 Å². The average Bonchev–Trinajstić information content (AvgIpc) is 2.93. The van der Waals surface area contributed by atoms with Crippen LogP contribution in [0.25, 0.3) is 0 Å². The second-order valence-electron chi connectivity index (χ2n) is 5.69. The summed E-state index contributed by atoms with van der Waals surface area (Å²) in [6.07, 6.45) is 8.15. The quantitative estimate of drug-likeness (QED) is 0.408. The van der Waals surface area contributed by atoms with Gasteiger partial charge >= 0.3 is 5.97 Å². The Bertz CT molecular complexity index is 499. The summed E-state index contributed by atoms with van der Waals surface area (Å²) in [5.74, 6) is 1.63. The van der Waals surface area contributed by atoms with Crippen LogP contribution in [0, 0.1) is 29.6 Å². The van der Waals surface area contributed by atoms with Crippen LogP contribution in [0.2, 0.25) is 0 Å². The van der Waals surface area contributed by atoms with Crippen LogP contribution >= 0.6 is 23.2 Å². The number of terminal acetylenes is 1. The van der Waals surface area contributed by atoms with E-state index in [1.54, 1.807) is 19.1 Å². The maximum Gasteiger partial charge on any atom is 0.311 e. The van der Waals surface area contributed by atoms with Crippen LogP contribution in [0.5, 0.6) is 0 Å². The van der Waals surface area contributed by atoms with Crippen molar-refractivity contribution in [3.63, 3.8) is 0 Å². The molecule has 0 N–H and O–H groups in total. The minimum Gasteiger partial charge on any atom is -0.444 e. The van der Waals surface area contributed by atoms with Crippen molar-refractivity contribution in [2.75, 3.05) is 6.67 Å². The molecule has 0 saturated heterocycles. The molecule has 0 heterocycles. The first-order chi connectivity index (χ1) is 9.75. The summed E-state index contributed by atoms with van der Waals surface area (Å²) in [5, 5.41) is 0. The van der Waals surface area contributed by atoms with Crippen LogP contribution in [0.1, 0.15) is 27.2 Å². The molecule has 0 aromatic carbocycles. The van der Waals surface area contributed by atoms with Gasteiger partial charge in [0.25, 0.3) is 0 Å². The molecule has 2 nitrogen and oxygen atoms in total. The number of carbonyl (C=O) groups excluding carboxylic acids is 1. The summed E-state index contributed by atoms with van der Waals surface area (Å²) >= 11 is 11.3. The number of ether oxygens (including phenoxy) is 1. The van der Waals surface area contributed by atoms with Gasteiger partial charge in [0.15, 0.2) is 6.10 Å². The first kappa shape index (κ1) is 18.1. The van der Waals surface area contributed by atoms with E-state index >= 15 is 0 Å². The van der Waals surface area contributed by atoms with Crippen molar-refractivity contribution in [2.45, 2.75) is 33.3 Å². The van der Waals surface area contributed by atoms with E-state index in [0.29, 0.717) is 5.57 Å². The second-order valence-corrected chi connectivity index (χ2v) is 6.70. The van der Waals surface area contributed by atoms with Crippen molar-refractivity contribution >= 4 is 29.2 Å². The molecule has 0 radical (unpaired) electrons. The van der Waals surface area contributed by atoms with E-state index < -0.39 is 12.8 Å². The SMILES string of the molecule is C#CC(OC(=O)C1C(C=C(Cl)Cl)C1(C)C)/C(C)=C/CCF. The molecule has 1 aliphatic carbocycles. The number of hydrogen-bond donors (Lipinski definition) is 0. The number of allylic oxidation sites excluding steroid dienone is 2. The van der Waals surface area contributed by atoms with E-state index in [1.807, 2.05) is 13.8 Å². The van der Waals surface area contributed by atoms with E-state index in [-0.39, 0.29) is 34.1 Å². The van der Waals surface area contributed by atoms with Crippen LogP contribution in [0.4, 0.5) is 4.39 Å². The molecule has 0 aromatic rings. The zero-order chi connectivity index (χ0) is 16.2. The zero-order valence-electron chi connectivity index (χ0n) is 12.3. The number of alkyl halides is 1. The molecule has 0 spiro atoms. The lowest BCUT2D eigenvalue weighted by atomic mass is 10.1. The number of esters is 1. The minimum atomic E-state index is -0.767. The summed E-state index contributed by atoms with van der Waals surface area (Å²) in [6.45, 7) is 5.12. The molecular weight excluding hydrogens is 314 g/mol. The monoisotopic (exact) mass is 332 g/mol. The molecule has 1 aliphatic rings. The highest BCUT2D eigenvalue weighted by Crippen LogP contribution is 2.60. The predicted molar refractivity (Wildman–Crippen MR) is 83.6 cm³/mol. The summed E-state index contributed by atoms with van der Waals surface area (Å²) in [7, 11) is 0. The van der Waals surface area contributed by atoms with E-state index in [4.69, 9.17) is 34.4 Å². The van der Waals surface area contributed by atoms with Gasteiger partial charge in [-0.25, -0.2) is 0 Å². The van der Waals surface area contributed by atoms with Gasteiger partial charge < -0.3 is 4.74 Å². The fourth-order valence-corrected chi connectivity index (χ4v) is 2.68. The summed E-state index contributed by atoms with van der Waals surface area (Å²) in [6, 6.07) is 0. The van der Waals surface area contributed by atoms with E-state index in [1.165, 1.54) is 0 Å². The van der Waals surface area contributed by atoms with Gasteiger partial charge in [0.1, 0.15) is 4.49 Å². The van der Waals surface area contributed by atoms with Gasteiger partial charge in [-0.1, -0.05) is 49.0 Å². The molecule has 0 aromatic heterocycles. The van der Waals surface area contributed by atoms with Crippen molar-refractivity contribution in [1.82, 2.24) is 0 Å². The third-order valence-corrected chi connectivity index (χ3v) is 4.10. The van der Waals surface area contributed by atoms with Crippen molar-refractivity contribution in [2.24, 2.45) is 17.3 Å². The first-order valence-corrected chi connectivity index (χ1v) is 7.43. The van der Waals surface area contributed by atoms with Crippen molar-refractivity contribution in [1.29, 1.82) is 0 Å². The Morgan fingerprint density at radius 2 is 2.14 bits per heavy atom. The van der Waals surface area contributed by atoms with Crippen molar-refractivity contribution in [3.8, 4) is 12.3 Å². The number of rotatable bonds is 6. The molecule has 0 bridgehead atoms. The lowest BCUT2D eigenvalue weighted by molar-refractivity contribution is -0.147. The highest BCUT2D eigenvalue weighted by molar-refractivity contribution is 6.55. The number of hydrogen-bond acceptors (Lipinski definition) is 2. The molecule has 1 rings (SSSR count). The summed E-state index contributed by atoms with van der Waals surface area (Å²) in [4.78, 5) is 12.2. The normalized spacial score (nSPS) is 24.7. The molecule has 1 saturated carbocycles. The molecule has 0 aliphatic heterocycles. The lowest BCUT2D eigenvalue weighted by Crippen LogP contribution is -2.20. The van der Waals surface area contributed by atoms with E-state index in [0.717, 1.165) is 0 Å². The maximum absolute atomic E-state index is 12.2. The second kappa shape index (κ2) is 7.33. The Kier molecular flexibility index (Phi) is 6.31. The zero-order valence-corrected chi connectivity index (χ0v) is 13.8. The Morgan fingerprint density at radius 3 is 2.62 bits per heavy atom. The van der Waals surface area contributed by atoms with Crippen LogP contribution in [-0.4, -0.2) is 18.7 Å². The van der Waals surface area contributed by atoms with E-state index in [9.17, 15) is 9.18 Å². The topological polar surface area (TPSA) is 26.3 Å². The summed E-state index contributed by atoms with van der Waals surface area (Å²) in [5.41, 5.74) is 0.395. The molecule has 3 unspecified atom stereocenters. The standard InChI is InChI=1S/C16H19Cl2FO2/c1-5-12(10(2)7-6-8-19)21-15(20)14-11(9-13(17)18)16(14,3)4/h1,7,9,11-12,14H,6,8H2,2-4H3/b10-7+. The largest absolute Gasteiger partial charge is 0.444 e. The maximum atomic E-state index is 12.2. The van der Waals surface area contributed by atoms with Gasteiger partial charge in [-0.05, 0) is 36.3 Å². The molecule has 1 fully saturated rings. The third-order valence-electron chi connectivity index (χ3n) is 3.84. The number of carbonyl (C=O) groups is 1. The number of halogens is 3. The lowest BCUT2D eigenvalue weighted by Gasteiger charge is -2.13. The fraction of sp³-hybridized carbons (Fsp3) is 0.562. The molecule has 116 valence electrons. The Morgan fingerprint density at radius 1 is 1.52 bits per heavy atom. The molecule has 0 amide bonds. The van der Waals surface area contributed by atoms with E-state index in [2.05, 4.69) is 5.92 Å². The highest BCUT2D eigenvalue weighted by atomic mass is 35.5. The smallest absolute Gasteiger partial charge is 0.311 e. The highest BCUT2D eigenvalue weighted by Gasteiger charge is 2.61. The van der Waals surface area contributed by atoms with Gasteiger partial charge in [-0.2, -0.15) is 0 Å². The molecule has 5 heteroatoms. The molecule has 3 atom stereocenters. The third kappa shape index (κ3) is 4.49. The van der Waals surface area contributed by atoms with Crippen LogP contribution < -0.4 is 0 Å². The fourth-order valence-electron chi connectivity index (χ4n) is 2.41. The Hall–Kier alpha value is -0.980. The first-order valence-electron chi connectivity index (χ1n) is 6.67. The predicted octanol–water partition coefficient (Wildman–Crippen LogP) is 4.43. The van der Waals surface area contributed by atoms with Crippen molar-refractivity contribution < 1.29 is 13.9 Å². The van der Waals surface area contributed by atoms with Gasteiger partial charge in [0.2, 0.25) is 0 Å².